The molecule has 0 bridgehead atoms. The third kappa shape index (κ3) is 6.26. The monoisotopic (exact) mass is 284 g/mol. The molecular weight excluding hydrogens is 256 g/mol. The van der Waals surface area contributed by atoms with Crippen molar-refractivity contribution >= 4 is 12.0 Å². The molecule has 116 valence electrons. The number of hydrogen-bond donors (Lipinski definition) is 3. The van der Waals surface area contributed by atoms with Crippen molar-refractivity contribution in [1.82, 2.24) is 10.6 Å². The van der Waals surface area contributed by atoms with Gasteiger partial charge in [0.15, 0.2) is 0 Å². The molecule has 0 heterocycles. The average molecular weight is 284 g/mol. The van der Waals surface area contributed by atoms with Crippen molar-refractivity contribution in [3.8, 4) is 0 Å². The van der Waals surface area contributed by atoms with E-state index in [0.29, 0.717) is 12.5 Å². The van der Waals surface area contributed by atoms with Crippen molar-refractivity contribution < 1.29 is 14.7 Å². The van der Waals surface area contributed by atoms with E-state index in [1.807, 2.05) is 0 Å². The first-order valence-corrected chi connectivity index (χ1v) is 7.58. The number of aliphatic carboxylic acids is 1. The zero-order chi connectivity index (χ0) is 15.2. The van der Waals surface area contributed by atoms with Crippen LogP contribution in [0.2, 0.25) is 0 Å². The van der Waals surface area contributed by atoms with Crippen molar-refractivity contribution in [2.24, 2.45) is 11.8 Å². The van der Waals surface area contributed by atoms with E-state index in [2.05, 4.69) is 31.4 Å². The van der Waals surface area contributed by atoms with Gasteiger partial charge in [-0.15, -0.1) is 0 Å². The summed E-state index contributed by atoms with van der Waals surface area (Å²) in [5, 5.41) is 14.8. The first-order valence-electron chi connectivity index (χ1n) is 7.58. The number of carboxylic acids is 1. The molecule has 0 aromatic carbocycles. The lowest BCUT2D eigenvalue weighted by Crippen LogP contribution is -2.49. The second-order valence-electron chi connectivity index (χ2n) is 6.70. The molecule has 1 fully saturated rings. The fourth-order valence-electron chi connectivity index (χ4n) is 2.99. The van der Waals surface area contributed by atoms with Gasteiger partial charge in [0.05, 0.1) is 0 Å². The van der Waals surface area contributed by atoms with Crippen molar-refractivity contribution in [3.63, 3.8) is 0 Å². The number of amides is 2. The van der Waals surface area contributed by atoms with Crippen LogP contribution in [0, 0.1) is 11.8 Å². The van der Waals surface area contributed by atoms with E-state index in [1.165, 1.54) is 0 Å². The normalized spacial score (nSPS) is 18.8. The van der Waals surface area contributed by atoms with Crippen molar-refractivity contribution in [1.29, 1.82) is 0 Å². The summed E-state index contributed by atoms with van der Waals surface area (Å²) in [5.41, 5.74) is -0.0928. The van der Waals surface area contributed by atoms with E-state index in [0.717, 1.165) is 32.1 Å². The van der Waals surface area contributed by atoms with E-state index < -0.39 is 5.97 Å². The summed E-state index contributed by atoms with van der Waals surface area (Å²) < 4.78 is 0. The molecule has 0 aromatic heterocycles. The van der Waals surface area contributed by atoms with Crippen LogP contribution in [0.3, 0.4) is 0 Å². The number of nitrogens with one attached hydrogen (secondary N) is 2. The fraction of sp³-hybridized carbons (Fsp3) is 0.867. The molecule has 0 aromatic rings. The zero-order valence-electron chi connectivity index (χ0n) is 12.9. The summed E-state index contributed by atoms with van der Waals surface area (Å²) in [6.45, 7) is 6.62. The van der Waals surface area contributed by atoms with Crippen LogP contribution in [-0.4, -0.2) is 29.2 Å². The number of carboxylic acid groups (broad SMARTS) is 1. The molecule has 0 radical (unpaired) electrons. The van der Waals surface area contributed by atoms with Gasteiger partial charge >= 0.3 is 12.0 Å². The molecule has 1 atom stereocenters. The highest BCUT2D eigenvalue weighted by Crippen LogP contribution is 2.28. The standard InChI is InChI=1S/C15H28N2O3/c1-11(2)8-12(9-13(18)19)10-16-14(20)17-15(3)6-4-5-7-15/h11-12H,4-10H2,1-3H3,(H,18,19)(H2,16,17,20). The first kappa shape index (κ1) is 16.8. The lowest BCUT2D eigenvalue weighted by Gasteiger charge is -2.26. The Morgan fingerprint density at radius 3 is 2.35 bits per heavy atom. The molecule has 0 saturated heterocycles. The molecule has 1 unspecified atom stereocenters. The summed E-state index contributed by atoms with van der Waals surface area (Å²) in [6.07, 6.45) is 5.27. The van der Waals surface area contributed by atoms with Crippen LogP contribution in [-0.2, 0) is 4.79 Å². The Bertz CT molecular complexity index is 336. The second-order valence-corrected chi connectivity index (χ2v) is 6.70. The summed E-state index contributed by atoms with van der Waals surface area (Å²) >= 11 is 0. The average Bonchev–Trinajstić information content (AvgIpc) is 2.71. The maximum absolute atomic E-state index is 11.9. The summed E-state index contributed by atoms with van der Waals surface area (Å²) in [7, 11) is 0. The van der Waals surface area contributed by atoms with Gasteiger partial charge in [0.2, 0.25) is 0 Å². The molecule has 0 spiro atoms. The zero-order valence-corrected chi connectivity index (χ0v) is 12.9. The molecular formula is C15H28N2O3. The lowest BCUT2D eigenvalue weighted by atomic mass is 9.94. The minimum absolute atomic E-state index is 0.00497. The largest absolute Gasteiger partial charge is 0.481 e. The summed E-state index contributed by atoms with van der Waals surface area (Å²) in [6, 6.07) is -0.173. The SMILES string of the molecule is CC(C)CC(CNC(=O)NC1(C)CCCC1)CC(=O)O. The number of rotatable bonds is 7. The minimum atomic E-state index is -0.805. The van der Waals surface area contributed by atoms with E-state index in [1.54, 1.807) is 0 Å². The molecule has 1 saturated carbocycles. The Kier molecular flexibility index (Phi) is 6.30. The molecule has 1 aliphatic rings. The van der Waals surface area contributed by atoms with Crippen LogP contribution < -0.4 is 10.6 Å². The van der Waals surface area contributed by atoms with Crippen LogP contribution in [0.4, 0.5) is 4.79 Å². The highest BCUT2D eigenvalue weighted by molar-refractivity contribution is 5.75. The van der Waals surface area contributed by atoms with Crippen LogP contribution in [0.5, 0.6) is 0 Å². The Morgan fingerprint density at radius 1 is 1.25 bits per heavy atom. The number of carbonyl (C=O) groups excluding carboxylic acids is 1. The second kappa shape index (κ2) is 7.50. The van der Waals surface area contributed by atoms with Gasteiger partial charge in [0, 0.05) is 18.5 Å². The van der Waals surface area contributed by atoms with Gasteiger partial charge in [-0.2, -0.15) is 0 Å². The molecule has 5 heteroatoms. The Labute approximate surface area is 121 Å². The van der Waals surface area contributed by atoms with Crippen LogP contribution >= 0.6 is 0 Å². The molecule has 0 aliphatic heterocycles. The molecule has 3 N–H and O–H groups in total. The Balaban J connectivity index is 2.37. The van der Waals surface area contributed by atoms with Crippen molar-refractivity contribution in [2.75, 3.05) is 6.54 Å². The van der Waals surface area contributed by atoms with Crippen LogP contribution in [0.1, 0.15) is 59.3 Å². The van der Waals surface area contributed by atoms with Gasteiger partial charge in [-0.3, -0.25) is 4.79 Å². The molecule has 1 aliphatic carbocycles. The number of hydrogen-bond acceptors (Lipinski definition) is 2. The van der Waals surface area contributed by atoms with Crippen LogP contribution in [0.25, 0.3) is 0 Å². The first-order chi connectivity index (χ1) is 9.31. The smallest absolute Gasteiger partial charge is 0.315 e. The third-order valence-electron chi connectivity index (χ3n) is 3.94. The summed E-state index contributed by atoms with van der Waals surface area (Å²) in [5.74, 6) is -0.383. The predicted octanol–water partition coefficient (Wildman–Crippen LogP) is 2.76. The highest BCUT2D eigenvalue weighted by Gasteiger charge is 2.30. The minimum Gasteiger partial charge on any atom is -0.481 e. The van der Waals surface area contributed by atoms with Crippen LogP contribution in [0.15, 0.2) is 0 Å². The van der Waals surface area contributed by atoms with E-state index in [-0.39, 0.29) is 23.9 Å². The Morgan fingerprint density at radius 2 is 1.85 bits per heavy atom. The predicted molar refractivity (Wildman–Crippen MR) is 78.6 cm³/mol. The van der Waals surface area contributed by atoms with E-state index >= 15 is 0 Å². The van der Waals surface area contributed by atoms with E-state index in [9.17, 15) is 9.59 Å². The molecule has 2 amide bonds. The topological polar surface area (TPSA) is 78.4 Å². The Hall–Kier alpha value is -1.26. The van der Waals surface area contributed by atoms with E-state index in [4.69, 9.17) is 5.11 Å². The number of urea groups is 1. The maximum atomic E-state index is 11.9. The van der Waals surface area contributed by atoms with Gasteiger partial charge in [-0.25, -0.2) is 4.79 Å². The fourth-order valence-corrected chi connectivity index (χ4v) is 2.99. The maximum Gasteiger partial charge on any atom is 0.315 e. The number of carbonyl (C=O) groups is 2. The molecule has 1 rings (SSSR count). The third-order valence-corrected chi connectivity index (χ3v) is 3.94. The quantitative estimate of drug-likeness (QED) is 0.672. The summed E-state index contributed by atoms with van der Waals surface area (Å²) in [4.78, 5) is 22.7. The lowest BCUT2D eigenvalue weighted by molar-refractivity contribution is -0.138. The molecule has 20 heavy (non-hydrogen) atoms. The van der Waals surface area contributed by atoms with Gasteiger partial charge in [-0.1, -0.05) is 26.7 Å². The van der Waals surface area contributed by atoms with Gasteiger partial charge < -0.3 is 15.7 Å². The molecule has 5 nitrogen and oxygen atoms in total. The van der Waals surface area contributed by atoms with Gasteiger partial charge in [-0.05, 0) is 38.0 Å². The van der Waals surface area contributed by atoms with Gasteiger partial charge in [0.1, 0.15) is 0 Å². The van der Waals surface area contributed by atoms with Gasteiger partial charge in [0.25, 0.3) is 0 Å². The van der Waals surface area contributed by atoms with Crippen molar-refractivity contribution in [3.05, 3.63) is 0 Å². The highest BCUT2D eigenvalue weighted by atomic mass is 16.4. The van der Waals surface area contributed by atoms with Crippen molar-refractivity contribution in [2.45, 2.75) is 64.8 Å².